The Kier molecular flexibility index (Phi) is 7.22. The summed E-state index contributed by atoms with van der Waals surface area (Å²) in [6, 6.07) is 2.72. The third kappa shape index (κ3) is 4.48. The number of aliphatic hydroxyl groups is 1. The second-order valence-electron chi connectivity index (χ2n) is 15.2. The maximum atomic E-state index is 12.5. The zero-order valence-electron chi connectivity index (χ0n) is 24.8. The summed E-state index contributed by atoms with van der Waals surface area (Å²) in [5.74, 6) is 2.29. The highest BCUT2D eigenvalue weighted by molar-refractivity contribution is 5.27. The van der Waals surface area contributed by atoms with Crippen molar-refractivity contribution in [3.63, 3.8) is 0 Å². The molecule has 0 amide bonds. The van der Waals surface area contributed by atoms with E-state index in [4.69, 9.17) is 9.15 Å². The van der Waals surface area contributed by atoms with Gasteiger partial charge >= 0.3 is 0 Å². The first-order chi connectivity index (χ1) is 18.9. The molecule has 6 fully saturated rings. The Morgan fingerprint density at radius 3 is 2.51 bits per heavy atom. The highest BCUT2D eigenvalue weighted by Gasteiger charge is 2.67. The van der Waals surface area contributed by atoms with Gasteiger partial charge in [-0.3, -0.25) is 4.90 Å². The number of rotatable bonds is 7. The van der Waals surface area contributed by atoms with Gasteiger partial charge in [0.1, 0.15) is 0 Å². The molecule has 3 heterocycles. The fraction of sp³-hybridized carbons (Fsp3) is 0.882. The molecule has 1 aromatic heterocycles. The van der Waals surface area contributed by atoms with Gasteiger partial charge in [-0.2, -0.15) is 0 Å². The molecule has 2 aliphatic heterocycles. The standard InChI is InChI=1S/C34H54N2O3/c1-32-13-9-28(39-24-27(36-18-5-6-19-36)22-35-16-3-4-17-35)21-26(32)7-8-31-30(32)10-14-33(2)29(11-15-34(31,33)37)25-12-20-38-23-25/h12,20,23,26-31,37H,3-11,13-19,21-22,24H2,1-2H3/t26?,27?,28?,29?,30-,31-,32+,33-,34-/m1/s1. The van der Waals surface area contributed by atoms with Gasteiger partial charge in [-0.05, 0) is 150 Å². The van der Waals surface area contributed by atoms with Crippen LogP contribution in [0.25, 0.3) is 0 Å². The lowest BCUT2D eigenvalue weighted by Gasteiger charge is -2.63. The van der Waals surface area contributed by atoms with Crippen molar-refractivity contribution in [3.05, 3.63) is 24.2 Å². The molecule has 5 heteroatoms. The van der Waals surface area contributed by atoms with Crippen molar-refractivity contribution in [1.29, 1.82) is 0 Å². The summed E-state index contributed by atoms with van der Waals surface area (Å²) in [5.41, 5.74) is 1.11. The summed E-state index contributed by atoms with van der Waals surface area (Å²) in [6.45, 7) is 12.2. The molecule has 1 N–H and O–H groups in total. The van der Waals surface area contributed by atoms with E-state index in [0.29, 0.717) is 35.3 Å². The van der Waals surface area contributed by atoms with Gasteiger partial charge in [0.15, 0.2) is 0 Å². The van der Waals surface area contributed by atoms with Crippen LogP contribution >= 0.6 is 0 Å². The average Bonchev–Trinajstić information content (AvgIpc) is 3.74. The summed E-state index contributed by atoms with van der Waals surface area (Å²) < 4.78 is 12.3. The first-order valence-corrected chi connectivity index (χ1v) is 16.7. The second kappa shape index (κ2) is 10.4. The smallest absolute Gasteiger partial charge is 0.0937 e. The fourth-order valence-corrected chi connectivity index (χ4v) is 11.2. The van der Waals surface area contributed by atoms with E-state index in [1.807, 2.05) is 12.5 Å². The summed E-state index contributed by atoms with van der Waals surface area (Å²) in [6.07, 6.45) is 20.3. The van der Waals surface area contributed by atoms with Gasteiger partial charge in [-0.25, -0.2) is 0 Å². The van der Waals surface area contributed by atoms with Crippen molar-refractivity contribution in [2.45, 2.75) is 121 Å². The maximum absolute atomic E-state index is 12.5. The quantitative estimate of drug-likeness (QED) is 0.431. The second-order valence-corrected chi connectivity index (χ2v) is 15.2. The van der Waals surface area contributed by atoms with Crippen LogP contribution in [0.15, 0.2) is 23.0 Å². The Labute approximate surface area is 237 Å². The lowest BCUT2D eigenvalue weighted by Crippen LogP contribution is -2.62. The van der Waals surface area contributed by atoms with E-state index in [1.54, 1.807) is 0 Å². The van der Waals surface area contributed by atoms with Crippen LogP contribution in [0.2, 0.25) is 0 Å². The molecular formula is C34H54N2O3. The average molecular weight is 539 g/mol. The Morgan fingerprint density at radius 2 is 1.74 bits per heavy atom. The number of hydrogen-bond donors (Lipinski definition) is 1. The van der Waals surface area contributed by atoms with Gasteiger partial charge in [0.2, 0.25) is 0 Å². The molecule has 4 aliphatic carbocycles. The molecule has 4 saturated carbocycles. The minimum absolute atomic E-state index is 0.0263. The van der Waals surface area contributed by atoms with E-state index < -0.39 is 5.60 Å². The number of furan rings is 1. The molecule has 39 heavy (non-hydrogen) atoms. The topological polar surface area (TPSA) is 49.1 Å². The van der Waals surface area contributed by atoms with Gasteiger partial charge < -0.3 is 19.2 Å². The minimum Gasteiger partial charge on any atom is -0.472 e. The maximum Gasteiger partial charge on any atom is 0.0937 e. The minimum atomic E-state index is -0.530. The number of nitrogens with zero attached hydrogens (tertiary/aromatic N) is 2. The van der Waals surface area contributed by atoms with Gasteiger partial charge in [0, 0.05) is 18.0 Å². The summed E-state index contributed by atoms with van der Waals surface area (Å²) in [7, 11) is 0. The lowest BCUT2D eigenvalue weighted by atomic mass is 9.43. The van der Waals surface area contributed by atoms with Crippen molar-refractivity contribution in [1.82, 2.24) is 9.80 Å². The predicted molar refractivity (Wildman–Crippen MR) is 155 cm³/mol. The summed E-state index contributed by atoms with van der Waals surface area (Å²) in [5, 5.41) is 12.5. The third-order valence-electron chi connectivity index (χ3n) is 13.6. The van der Waals surface area contributed by atoms with Crippen LogP contribution < -0.4 is 0 Å². The van der Waals surface area contributed by atoms with Gasteiger partial charge in [0.05, 0.1) is 30.8 Å². The number of ether oxygens (including phenoxy) is 1. The van der Waals surface area contributed by atoms with Crippen molar-refractivity contribution < 1.29 is 14.3 Å². The summed E-state index contributed by atoms with van der Waals surface area (Å²) in [4.78, 5) is 5.42. The molecule has 5 nitrogen and oxygen atoms in total. The van der Waals surface area contributed by atoms with Crippen molar-refractivity contribution >= 4 is 0 Å². The molecule has 0 spiro atoms. The number of hydrogen-bond acceptors (Lipinski definition) is 5. The molecule has 7 rings (SSSR count). The SMILES string of the molecule is C[C@]12CCC(OCC(CN3CCCC3)N3CCCC3)CC1CC[C@@H]1[C@H]2CC[C@]2(C)C(c3ccoc3)CC[C@@]12O. The number of fused-ring (bicyclic) bond motifs is 5. The van der Waals surface area contributed by atoms with Crippen LogP contribution in [0.5, 0.6) is 0 Å². The van der Waals surface area contributed by atoms with Crippen LogP contribution in [0.4, 0.5) is 0 Å². The van der Waals surface area contributed by atoms with E-state index in [2.05, 4.69) is 29.7 Å². The van der Waals surface area contributed by atoms with Crippen molar-refractivity contribution in [2.75, 3.05) is 39.3 Å². The number of likely N-dealkylation sites (tertiary alicyclic amines) is 2. The van der Waals surface area contributed by atoms with Crippen LogP contribution in [0.1, 0.15) is 109 Å². The first kappa shape index (κ1) is 27.0. The Morgan fingerprint density at radius 1 is 0.949 bits per heavy atom. The normalized spacial score (nSPS) is 45.7. The van der Waals surface area contributed by atoms with Gasteiger partial charge in [-0.15, -0.1) is 0 Å². The molecule has 0 bridgehead atoms. The van der Waals surface area contributed by atoms with Crippen LogP contribution in [-0.2, 0) is 4.74 Å². The largest absolute Gasteiger partial charge is 0.472 e. The monoisotopic (exact) mass is 538 g/mol. The predicted octanol–water partition coefficient (Wildman–Crippen LogP) is 6.47. The van der Waals surface area contributed by atoms with Crippen LogP contribution in [0.3, 0.4) is 0 Å². The fourth-order valence-electron chi connectivity index (χ4n) is 11.2. The molecule has 4 unspecified atom stereocenters. The molecule has 218 valence electrons. The van der Waals surface area contributed by atoms with Crippen molar-refractivity contribution in [2.24, 2.45) is 28.6 Å². The Balaban J connectivity index is 1.01. The molecule has 0 aromatic carbocycles. The Hall–Kier alpha value is -0.880. The van der Waals surface area contributed by atoms with Crippen molar-refractivity contribution in [3.8, 4) is 0 Å². The zero-order chi connectivity index (χ0) is 26.7. The Bertz CT molecular complexity index is 971. The highest BCUT2D eigenvalue weighted by Crippen LogP contribution is 2.70. The van der Waals surface area contributed by atoms with E-state index in [1.165, 1.54) is 102 Å². The summed E-state index contributed by atoms with van der Waals surface area (Å²) >= 11 is 0. The molecule has 9 atom stereocenters. The molecule has 0 radical (unpaired) electrons. The van der Waals surface area contributed by atoms with Gasteiger partial charge in [-0.1, -0.05) is 13.8 Å². The van der Waals surface area contributed by atoms with E-state index in [0.717, 1.165) is 31.8 Å². The molecule has 1 aromatic rings. The highest BCUT2D eigenvalue weighted by atomic mass is 16.5. The zero-order valence-corrected chi connectivity index (χ0v) is 24.8. The van der Waals surface area contributed by atoms with Crippen LogP contribution in [-0.4, -0.2) is 72.0 Å². The third-order valence-corrected chi connectivity index (χ3v) is 13.6. The van der Waals surface area contributed by atoms with Gasteiger partial charge in [0.25, 0.3) is 0 Å². The molecule has 2 saturated heterocycles. The molecular weight excluding hydrogens is 484 g/mol. The van der Waals surface area contributed by atoms with Crippen LogP contribution in [0, 0.1) is 28.6 Å². The molecule has 6 aliphatic rings. The first-order valence-electron chi connectivity index (χ1n) is 16.7. The lowest BCUT2D eigenvalue weighted by molar-refractivity contribution is -0.207. The van der Waals surface area contributed by atoms with E-state index in [9.17, 15) is 5.11 Å². The van der Waals surface area contributed by atoms with E-state index >= 15 is 0 Å². The van der Waals surface area contributed by atoms with E-state index in [-0.39, 0.29) is 5.41 Å².